The van der Waals surface area contributed by atoms with Crippen LogP contribution in [-0.2, 0) is 0 Å². The van der Waals surface area contributed by atoms with E-state index in [4.69, 9.17) is 0 Å². The van der Waals surface area contributed by atoms with Gasteiger partial charge in [0.25, 0.3) is 0 Å². The first-order valence-corrected chi connectivity index (χ1v) is 4.46. The van der Waals surface area contributed by atoms with Crippen LogP contribution in [0.25, 0.3) is 12.3 Å². The molecular formula is C11H15N. The van der Waals surface area contributed by atoms with Gasteiger partial charge in [-0.05, 0) is 10.4 Å². The summed E-state index contributed by atoms with van der Waals surface area (Å²) >= 11 is 0. The van der Waals surface area contributed by atoms with Gasteiger partial charge < -0.3 is 5.32 Å². The fraction of sp³-hybridized carbons (Fsp3) is 0.273. The van der Waals surface area contributed by atoms with Crippen LogP contribution in [0.4, 0.5) is 0 Å². The molecule has 0 unspecified atom stereocenters. The van der Waals surface area contributed by atoms with E-state index in [1.165, 1.54) is 10.4 Å². The summed E-state index contributed by atoms with van der Waals surface area (Å²) in [5.74, 6) is 0. The number of hydrogen-bond acceptors (Lipinski definition) is 1. The molecule has 1 heterocycles. The smallest absolute Gasteiger partial charge is 0.0334 e. The average molecular weight is 161 g/mol. The molecule has 64 valence electrons. The zero-order chi connectivity index (χ0) is 8.81. The van der Waals surface area contributed by atoms with E-state index in [-0.39, 0.29) is 0 Å². The second-order valence-corrected chi connectivity index (χ2v) is 2.39. The summed E-state index contributed by atoms with van der Waals surface area (Å²) in [4.78, 5) is 0. The Balaban J connectivity index is 0.000000336. The third-order valence-electron chi connectivity index (χ3n) is 1.69. The minimum atomic E-state index is 0.955. The molecule has 1 aliphatic rings. The summed E-state index contributed by atoms with van der Waals surface area (Å²) in [6.07, 6.45) is 4.24. The van der Waals surface area contributed by atoms with Crippen LogP contribution in [0, 0.1) is 0 Å². The van der Waals surface area contributed by atoms with Gasteiger partial charge in [0.1, 0.15) is 0 Å². The third kappa shape index (κ3) is 1.88. The highest BCUT2D eigenvalue weighted by molar-refractivity contribution is 5.37. The van der Waals surface area contributed by atoms with Gasteiger partial charge in [-0.3, -0.25) is 0 Å². The Morgan fingerprint density at radius 2 is 1.75 bits per heavy atom. The lowest BCUT2D eigenvalue weighted by molar-refractivity contribution is 1.05. The highest BCUT2D eigenvalue weighted by atomic mass is 14.8. The van der Waals surface area contributed by atoms with Crippen LogP contribution in [0.2, 0.25) is 0 Å². The van der Waals surface area contributed by atoms with Gasteiger partial charge >= 0.3 is 0 Å². The lowest BCUT2D eigenvalue weighted by Crippen LogP contribution is -2.32. The largest absolute Gasteiger partial charge is 0.387 e. The summed E-state index contributed by atoms with van der Waals surface area (Å²) in [5, 5.41) is 5.78. The van der Waals surface area contributed by atoms with Crippen molar-refractivity contribution in [2.24, 2.45) is 0 Å². The molecule has 0 radical (unpaired) electrons. The average Bonchev–Trinajstić information content (AvgIpc) is 2.21. The monoisotopic (exact) mass is 161 g/mol. The molecule has 1 nitrogen and oxygen atoms in total. The van der Waals surface area contributed by atoms with E-state index in [1.54, 1.807) is 0 Å². The van der Waals surface area contributed by atoms with Gasteiger partial charge in [-0.2, -0.15) is 0 Å². The van der Waals surface area contributed by atoms with Gasteiger partial charge in [-0.15, -0.1) is 0 Å². The molecule has 0 aliphatic carbocycles. The number of hydrogen-bond donors (Lipinski definition) is 1. The lowest BCUT2D eigenvalue weighted by Gasteiger charge is -2.00. The number of nitrogens with one attached hydrogen (secondary N) is 1. The molecule has 0 saturated carbocycles. The minimum Gasteiger partial charge on any atom is -0.387 e. The van der Waals surface area contributed by atoms with Gasteiger partial charge in [0, 0.05) is 12.7 Å². The van der Waals surface area contributed by atoms with Crippen LogP contribution in [0.1, 0.15) is 13.8 Å². The molecule has 0 saturated heterocycles. The van der Waals surface area contributed by atoms with Crippen molar-refractivity contribution >= 4 is 12.3 Å². The zero-order valence-electron chi connectivity index (χ0n) is 7.67. The van der Waals surface area contributed by atoms with Crippen molar-refractivity contribution in [3.05, 3.63) is 34.7 Å². The SMILES string of the molecule is C1=c2ccccc2=CNC1.CC. The molecule has 1 N–H and O–H groups in total. The Kier molecular flexibility index (Phi) is 3.39. The quantitative estimate of drug-likeness (QED) is 0.594. The molecule has 0 amide bonds. The summed E-state index contributed by atoms with van der Waals surface area (Å²) in [6.45, 7) is 4.96. The van der Waals surface area contributed by atoms with Crippen molar-refractivity contribution in [3.63, 3.8) is 0 Å². The van der Waals surface area contributed by atoms with Crippen LogP contribution in [0.15, 0.2) is 24.3 Å². The number of fused-ring (bicyclic) bond motifs is 1. The first-order chi connectivity index (χ1) is 5.97. The highest BCUT2D eigenvalue weighted by Gasteiger charge is 1.87. The molecule has 0 aromatic heterocycles. The maximum absolute atomic E-state index is 3.16. The van der Waals surface area contributed by atoms with E-state index < -0.39 is 0 Å². The van der Waals surface area contributed by atoms with Crippen molar-refractivity contribution < 1.29 is 0 Å². The standard InChI is InChI=1S/C9H9N.C2H6/c1-2-4-9-7-10-6-5-8(9)3-1;1-2/h1-5,7,10H,6H2;1-2H3. The molecule has 1 aromatic rings. The van der Waals surface area contributed by atoms with Gasteiger partial charge in [-0.25, -0.2) is 0 Å². The topological polar surface area (TPSA) is 12.0 Å². The Morgan fingerprint density at radius 1 is 1.08 bits per heavy atom. The van der Waals surface area contributed by atoms with Crippen molar-refractivity contribution in [2.45, 2.75) is 13.8 Å². The second kappa shape index (κ2) is 4.60. The molecule has 1 heteroatoms. The van der Waals surface area contributed by atoms with E-state index in [0.29, 0.717) is 0 Å². The molecular weight excluding hydrogens is 146 g/mol. The second-order valence-electron chi connectivity index (χ2n) is 2.39. The maximum Gasteiger partial charge on any atom is 0.0334 e. The van der Waals surface area contributed by atoms with E-state index in [9.17, 15) is 0 Å². The molecule has 0 bridgehead atoms. The molecule has 2 rings (SSSR count). The van der Waals surface area contributed by atoms with Crippen molar-refractivity contribution in [2.75, 3.05) is 6.54 Å². The Labute approximate surface area is 73.4 Å². The van der Waals surface area contributed by atoms with Crippen LogP contribution in [-0.4, -0.2) is 6.54 Å². The highest BCUT2D eigenvalue weighted by Crippen LogP contribution is 1.75. The van der Waals surface area contributed by atoms with Crippen molar-refractivity contribution in [3.8, 4) is 0 Å². The predicted octanol–water partition coefficient (Wildman–Crippen LogP) is 0.834. The zero-order valence-corrected chi connectivity index (χ0v) is 7.67. The molecule has 0 fully saturated rings. The lowest BCUT2D eigenvalue weighted by atomic mass is 10.2. The molecule has 12 heavy (non-hydrogen) atoms. The normalized spacial score (nSPS) is 12.2. The summed E-state index contributed by atoms with van der Waals surface area (Å²) in [6, 6.07) is 8.36. The fourth-order valence-electron chi connectivity index (χ4n) is 1.17. The Bertz CT molecular complexity index is 303. The fourth-order valence-corrected chi connectivity index (χ4v) is 1.17. The summed E-state index contributed by atoms with van der Waals surface area (Å²) in [7, 11) is 0. The molecule has 0 atom stereocenters. The van der Waals surface area contributed by atoms with Gasteiger partial charge in [0.2, 0.25) is 0 Å². The van der Waals surface area contributed by atoms with E-state index in [1.807, 2.05) is 13.8 Å². The molecule has 0 spiro atoms. The Morgan fingerprint density at radius 3 is 2.42 bits per heavy atom. The van der Waals surface area contributed by atoms with Gasteiger partial charge in [-0.1, -0.05) is 44.2 Å². The van der Waals surface area contributed by atoms with E-state index >= 15 is 0 Å². The summed E-state index contributed by atoms with van der Waals surface area (Å²) in [5.41, 5.74) is 0. The summed E-state index contributed by atoms with van der Waals surface area (Å²) < 4.78 is 0. The van der Waals surface area contributed by atoms with Gasteiger partial charge in [0.05, 0.1) is 0 Å². The Hall–Kier alpha value is -1.24. The van der Waals surface area contributed by atoms with E-state index in [0.717, 1.165) is 6.54 Å². The first-order valence-electron chi connectivity index (χ1n) is 4.46. The first kappa shape index (κ1) is 8.85. The van der Waals surface area contributed by atoms with Crippen LogP contribution in [0.3, 0.4) is 0 Å². The van der Waals surface area contributed by atoms with Crippen molar-refractivity contribution in [1.29, 1.82) is 0 Å². The van der Waals surface area contributed by atoms with Crippen LogP contribution in [0.5, 0.6) is 0 Å². The van der Waals surface area contributed by atoms with E-state index in [2.05, 4.69) is 41.9 Å². The molecule has 1 aliphatic heterocycles. The van der Waals surface area contributed by atoms with Crippen molar-refractivity contribution in [1.82, 2.24) is 5.32 Å². The number of benzene rings is 1. The van der Waals surface area contributed by atoms with Gasteiger partial charge in [0.15, 0.2) is 0 Å². The predicted molar refractivity (Wildman–Crippen MR) is 54.0 cm³/mol. The third-order valence-corrected chi connectivity index (χ3v) is 1.69. The van der Waals surface area contributed by atoms with Crippen LogP contribution >= 0.6 is 0 Å². The number of rotatable bonds is 0. The van der Waals surface area contributed by atoms with Crippen LogP contribution < -0.4 is 15.8 Å². The molecule has 1 aromatic carbocycles. The minimum absolute atomic E-state index is 0.955. The maximum atomic E-state index is 3.16.